The standard InChI is InChI=1S/C13H14N4O2/c1-8-2-3-9(7-14)6-11(8)15-13(19)10-4-5-12(18)17-16-10/h2-6H,7,14H2,1H3,(H,15,19)(H,17,18). The van der Waals surface area contributed by atoms with E-state index in [-0.39, 0.29) is 17.2 Å². The molecule has 0 spiro atoms. The van der Waals surface area contributed by atoms with Crippen LogP contribution in [0.15, 0.2) is 35.1 Å². The third kappa shape index (κ3) is 3.05. The first-order valence-corrected chi connectivity index (χ1v) is 5.77. The molecule has 0 saturated heterocycles. The van der Waals surface area contributed by atoms with Gasteiger partial charge in [0.15, 0.2) is 0 Å². The van der Waals surface area contributed by atoms with E-state index in [1.165, 1.54) is 12.1 Å². The number of aromatic amines is 1. The van der Waals surface area contributed by atoms with Gasteiger partial charge in [0.25, 0.3) is 11.5 Å². The quantitative estimate of drug-likeness (QED) is 0.757. The van der Waals surface area contributed by atoms with Crippen LogP contribution in [0.2, 0.25) is 0 Å². The first-order valence-electron chi connectivity index (χ1n) is 5.77. The van der Waals surface area contributed by atoms with Gasteiger partial charge in [-0.15, -0.1) is 0 Å². The van der Waals surface area contributed by atoms with E-state index in [1.807, 2.05) is 25.1 Å². The van der Waals surface area contributed by atoms with Crippen molar-refractivity contribution in [1.82, 2.24) is 10.2 Å². The normalized spacial score (nSPS) is 10.2. The van der Waals surface area contributed by atoms with Crippen LogP contribution in [0.4, 0.5) is 5.69 Å². The predicted molar refractivity (Wildman–Crippen MR) is 71.9 cm³/mol. The molecule has 1 aromatic carbocycles. The lowest BCUT2D eigenvalue weighted by molar-refractivity contribution is 0.102. The zero-order valence-electron chi connectivity index (χ0n) is 10.4. The average Bonchev–Trinajstić information content (AvgIpc) is 2.42. The molecule has 6 heteroatoms. The molecule has 19 heavy (non-hydrogen) atoms. The Hall–Kier alpha value is -2.47. The highest BCUT2D eigenvalue weighted by Crippen LogP contribution is 2.17. The second-order valence-corrected chi connectivity index (χ2v) is 4.11. The number of nitrogens with one attached hydrogen (secondary N) is 2. The van der Waals surface area contributed by atoms with Gasteiger partial charge in [-0.2, -0.15) is 5.10 Å². The van der Waals surface area contributed by atoms with Crippen LogP contribution in [-0.2, 0) is 6.54 Å². The Morgan fingerprint density at radius 1 is 1.37 bits per heavy atom. The second kappa shape index (κ2) is 5.45. The molecule has 6 nitrogen and oxygen atoms in total. The summed E-state index contributed by atoms with van der Waals surface area (Å²) in [5.74, 6) is -0.381. The lowest BCUT2D eigenvalue weighted by Gasteiger charge is -2.09. The molecule has 1 aromatic heterocycles. The number of hydrogen-bond donors (Lipinski definition) is 3. The van der Waals surface area contributed by atoms with Gasteiger partial charge in [0, 0.05) is 18.3 Å². The van der Waals surface area contributed by atoms with E-state index in [2.05, 4.69) is 15.5 Å². The number of carbonyl (C=O) groups is 1. The van der Waals surface area contributed by atoms with Crippen LogP contribution in [-0.4, -0.2) is 16.1 Å². The summed E-state index contributed by atoms with van der Waals surface area (Å²) < 4.78 is 0. The molecule has 0 aliphatic heterocycles. The second-order valence-electron chi connectivity index (χ2n) is 4.11. The third-order valence-corrected chi connectivity index (χ3v) is 2.70. The van der Waals surface area contributed by atoms with Crippen molar-refractivity contribution in [3.05, 3.63) is 57.5 Å². The van der Waals surface area contributed by atoms with Gasteiger partial charge in [0.1, 0.15) is 5.69 Å². The maximum atomic E-state index is 12.0. The molecule has 0 fully saturated rings. The minimum atomic E-state index is -0.381. The van der Waals surface area contributed by atoms with Crippen LogP contribution >= 0.6 is 0 Å². The summed E-state index contributed by atoms with van der Waals surface area (Å²) in [6.07, 6.45) is 0. The van der Waals surface area contributed by atoms with Crippen molar-refractivity contribution in [1.29, 1.82) is 0 Å². The predicted octanol–water partition coefficient (Wildman–Crippen LogP) is 0.789. The zero-order chi connectivity index (χ0) is 13.8. The molecule has 0 aliphatic carbocycles. The van der Waals surface area contributed by atoms with Gasteiger partial charge < -0.3 is 11.1 Å². The van der Waals surface area contributed by atoms with Gasteiger partial charge in [0.2, 0.25) is 0 Å². The largest absolute Gasteiger partial charge is 0.326 e. The lowest BCUT2D eigenvalue weighted by Crippen LogP contribution is -2.18. The summed E-state index contributed by atoms with van der Waals surface area (Å²) in [6, 6.07) is 8.24. The SMILES string of the molecule is Cc1ccc(CN)cc1NC(=O)c1ccc(=O)[nH]n1. The van der Waals surface area contributed by atoms with E-state index >= 15 is 0 Å². The minimum absolute atomic E-state index is 0.150. The minimum Gasteiger partial charge on any atom is -0.326 e. The van der Waals surface area contributed by atoms with E-state index in [9.17, 15) is 9.59 Å². The van der Waals surface area contributed by atoms with E-state index in [0.29, 0.717) is 12.2 Å². The van der Waals surface area contributed by atoms with Crippen LogP contribution in [0.1, 0.15) is 21.6 Å². The monoisotopic (exact) mass is 258 g/mol. The Kier molecular flexibility index (Phi) is 3.72. The maximum Gasteiger partial charge on any atom is 0.276 e. The molecule has 2 rings (SSSR count). The van der Waals surface area contributed by atoms with Crippen molar-refractivity contribution in [2.45, 2.75) is 13.5 Å². The van der Waals surface area contributed by atoms with Crippen molar-refractivity contribution in [3.63, 3.8) is 0 Å². The molecule has 0 bridgehead atoms. The Morgan fingerprint density at radius 3 is 2.79 bits per heavy atom. The summed E-state index contributed by atoms with van der Waals surface area (Å²) in [5.41, 5.74) is 7.90. The van der Waals surface area contributed by atoms with Gasteiger partial charge in [0.05, 0.1) is 0 Å². The third-order valence-electron chi connectivity index (χ3n) is 2.70. The van der Waals surface area contributed by atoms with Crippen LogP contribution in [0.25, 0.3) is 0 Å². The Labute approximate surface area is 109 Å². The maximum absolute atomic E-state index is 12.0. The van der Waals surface area contributed by atoms with Crippen molar-refractivity contribution >= 4 is 11.6 Å². The van der Waals surface area contributed by atoms with Gasteiger partial charge in [-0.05, 0) is 30.2 Å². The Balaban J connectivity index is 2.23. The molecule has 1 amide bonds. The van der Waals surface area contributed by atoms with Gasteiger partial charge >= 0.3 is 0 Å². The fourth-order valence-corrected chi connectivity index (χ4v) is 1.59. The number of anilines is 1. The number of nitrogens with two attached hydrogens (primary N) is 1. The van der Waals surface area contributed by atoms with Crippen LogP contribution in [0.5, 0.6) is 0 Å². The smallest absolute Gasteiger partial charge is 0.276 e. The molecular formula is C13H14N4O2. The number of aromatic nitrogens is 2. The molecule has 4 N–H and O–H groups in total. The summed E-state index contributed by atoms with van der Waals surface area (Å²) >= 11 is 0. The Morgan fingerprint density at radius 2 is 2.16 bits per heavy atom. The van der Waals surface area contributed by atoms with Crippen molar-refractivity contribution in [3.8, 4) is 0 Å². The summed E-state index contributed by atoms with van der Waals surface area (Å²) in [6.45, 7) is 2.29. The molecule has 2 aromatic rings. The van der Waals surface area contributed by atoms with Crippen LogP contribution < -0.4 is 16.6 Å². The summed E-state index contributed by atoms with van der Waals surface area (Å²) in [4.78, 5) is 22.8. The van der Waals surface area contributed by atoms with E-state index < -0.39 is 0 Å². The van der Waals surface area contributed by atoms with Crippen molar-refractivity contribution in [2.75, 3.05) is 5.32 Å². The number of rotatable bonds is 3. The number of hydrogen-bond acceptors (Lipinski definition) is 4. The van der Waals surface area contributed by atoms with E-state index in [4.69, 9.17) is 5.73 Å². The first-order chi connectivity index (χ1) is 9.10. The van der Waals surface area contributed by atoms with E-state index in [1.54, 1.807) is 0 Å². The van der Waals surface area contributed by atoms with Crippen LogP contribution in [0, 0.1) is 6.92 Å². The number of aryl methyl sites for hydroxylation is 1. The molecule has 98 valence electrons. The number of nitrogens with zero attached hydrogens (tertiary/aromatic N) is 1. The molecule has 0 aliphatic rings. The molecule has 0 unspecified atom stereocenters. The van der Waals surface area contributed by atoms with Gasteiger partial charge in [-0.1, -0.05) is 12.1 Å². The molecule has 0 radical (unpaired) electrons. The van der Waals surface area contributed by atoms with Crippen molar-refractivity contribution in [2.24, 2.45) is 5.73 Å². The molecule has 1 heterocycles. The lowest BCUT2D eigenvalue weighted by atomic mass is 10.1. The number of H-pyrrole nitrogens is 1. The fourth-order valence-electron chi connectivity index (χ4n) is 1.59. The fraction of sp³-hybridized carbons (Fsp3) is 0.154. The van der Waals surface area contributed by atoms with Gasteiger partial charge in [-0.3, -0.25) is 9.59 Å². The molecule has 0 saturated carbocycles. The topological polar surface area (TPSA) is 101 Å². The zero-order valence-corrected chi connectivity index (χ0v) is 10.4. The Bertz CT molecular complexity index is 643. The highest BCUT2D eigenvalue weighted by Gasteiger charge is 2.09. The highest BCUT2D eigenvalue weighted by molar-refractivity contribution is 6.03. The summed E-state index contributed by atoms with van der Waals surface area (Å²) in [7, 11) is 0. The average molecular weight is 258 g/mol. The highest BCUT2D eigenvalue weighted by atomic mass is 16.2. The summed E-state index contributed by atoms with van der Waals surface area (Å²) in [5, 5.41) is 8.63. The number of amides is 1. The number of benzene rings is 1. The molecule has 0 atom stereocenters. The van der Waals surface area contributed by atoms with Crippen LogP contribution in [0.3, 0.4) is 0 Å². The van der Waals surface area contributed by atoms with Gasteiger partial charge in [-0.25, -0.2) is 5.10 Å². The first kappa shape index (κ1) is 13.0. The molecular weight excluding hydrogens is 244 g/mol. The van der Waals surface area contributed by atoms with E-state index in [0.717, 1.165) is 11.1 Å². The van der Waals surface area contributed by atoms with Crippen molar-refractivity contribution < 1.29 is 4.79 Å². The number of carbonyl (C=O) groups excluding carboxylic acids is 1.